The molecule has 1 aliphatic rings. The summed E-state index contributed by atoms with van der Waals surface area (Å²) in [6.07, 6.45) is 0.151. The van der Waals surface area contributed by atoms with E-state index < -0.39 is 17.5 Å². The molecule has 4 nitrogen and oxygen atoms in total. The summed E-state index contributed by atoms with van der Waals surface area (Å²) in [6.45, 7) is 5.48. The quantitative estimate of drug-likeness (QED) is 0.854. The molecule has 0 bridgehead atoms. The Bertz CT molecular complexity index is 466. The van der Waals surface area contributed by atoms with Gasteiger partial charge in [-0.05, 0) is 26.0 Å². The maximum atomic E-state index is 13.4. The Kier molecular flexibility index (Phi) is 4.67. The van der Waals surface area contributed by atoms with Crippen molar-refractivity contribution in [3.63, 3.8) is 0 Å². The van der Waals surface area contributed by atoms with Crippen LogP contribution in [0.1, 0.15) is 13.8 Å². The highest BCUT2D eigenvalue weighted by molar-refractivity contribution is 5.91. The number of amides is 1. The summed E-state index contributed by atoms with van der Waals surface area (Å²) in [7, 11) is 0. The first-order chi connectivity index (χ1) is 9.45. The van der Waals surface area contributed by atoms with Crippen LogP contribution >= 0.6 is 0 Å². The molecule has 6 heteroatoms. The zero-order valence-corrected chi connectivity index (χ0v) is 11.6. The van der Waals surface area contributed by atoms with Gasteiger partial charge in [-0.25, -0.2) is 8.78 Å². The van der Waals surface area contributed by atoms with Gasteiger partial charge in [-0.1, -0.05) is 6.07 Å². The molecule has 110 valence electrons. The summed E-state index contributed by atoms with van der Waals surface area (Å²) in [5.74, 6) is -1.93. The number of morpholine rings is 1. The summed E-state index contributed by atoms with van der Waals surface area (Å²) in [6, 6.07) is 3.49. The Hall–Kier alpha value is -1.53. The molecule has 1 saturated heterocycles. The normalized spacial score (nSPS) is 26.3. The average molecular weight is 285 g/mol. The lowest BCUT2D eigenvalue weighted by Crippen LogP contribution is -3.16. The number of hydrogen-bond donors (Lipinski definition) is 2. The predicted molar refractivity (Wildman–Crippen MR) is 70.6 cm³/mol. The van der Waals surface area contributed by atoms with E-state index in [1.54, 1.807) is 0 Å². The molecule has 2 atom stereocenters. The molecule has 1 aromatic rings. The van der Waals surface area contributed by atoms with Crippen LogP contribution in [0.3, 0.4) is 0 Å². The highest BCUT2D eigenvalue weighted by Gasteiger charge is 2.27. The number of quaternary nitrogens is 1. The molecule has 0 saturated carbocycles. The molecule has 0 radical (unpaired) electrons. The lowest BCUT2D eigenvalue weighted by Gasteiger charge is -2.31. The van der Waals surface area contributed by atoms with Crippen molar-refractivity contribution in [1.82, 2.24) is 0 Å². The number of anilines is 1. The topological polar surface area (TPSA) is 42.8 Å². The van der Waals surface area contributed by atoms with E-state index >= 15 is 0 Å². The Morgan fingerprint density at radius 3 is 2.40 bits per heavy atom. The minimum atomic E-state index is -0.767. The van der Waals surface area contributed by atoms with E-state index in [2.05, 4.69) is 5.32 Å². The number of benzene rings is 1. The smallest absolute Gasteiger partial charge is 0.279 e. The molecule has 1 fully saturated rings. The van der Waals surface area contributed by atoms with Gasteiger partial charge in [0.25, 0.3) is 5.91 Å². The van der Waals surface area contributed by atoms with Crippen molar-refractivity contribution in [1.29, 1.82) is 0 Å². The number of nitrogens with one attached hydrogen (secondary N) is 2. The fourth-order valence-corrected chi connectivity index (χ4v) is 2.56. The van der Waals surface area contributed by atoms with Gasteiger partial charge in [0.2, 0.25) is 0 Å². The van der Waals surface area contributed by atoms with E-state index in [-0.39, 0.29) is 24.4 Å². The van der Waals surface area contributed by atoms with Gasteiger partial charge in [-0.15, -0.1) is 0 Å². The number of carbonyl (C=O) groups excluding carboxylic acids is 1. The van der Waals surface area contributed by atoms with Crippen LogP contribution in [0.2, 0.25) is 0 Å². The minimum absolute atomic E-state index is 0.0757. The third-order valence-electron chi connectivity index (χ3n) is 3.25. The first-order valence-electron chi connectivity index (χ1n) is 6.68. The van der Waals surface area contributed by atoms with Crippen LogP contribution in [0.4, 0.5) is 14.5 Å². The van der Waals surface area contributed by atoms with Gasteiger partial charge in [0, 0.05) is 0 Å². The number of ether oxygens (including phenoxy) is 1. The van der Waals surface area contributed by atoms with Crippen LogP contribution in [0.15, 0.2) is 18.2 Å². The summed E-state index contributed by atoms with van der Waals surface area (Å²) >= 11 is 0. The third kappa shape index (κ3) is 3.74. The number of rotatable bonds is 3. The molecule has 1 aliphatic heterocycles. The standard InChI is InChI=1S/C14H18F2N2O2/c1-9-6-18(7-10(2)20-9)8-13(19)17-14-11(15)4-3-5-12(14)16/h3-5,9-10H,6-8H2,1-2H3,(H,17,19)/p+1/t9-,10-/m1/s1. The Balaban J connectivity index is 1.95. The molecule has 1 aromatic carbocycles. The van der Waals surface area contributed by atoms with Gasteiger partial charge in [-0.2, -0.15) is 0 Å². The first kappa shape index (κ1) is 14.9. The maximum absolute atomic E-state index is 13.4. The van der Waals surface area contributed by atoms with E-state index in [0.29, 0.717) is 13.1 Å². The highest BCUT2D eigenvalue weighted by Crippen LogP contribution is 2.17. The van der Waals surface area contributed by atoms with Crippen molar-refractivity contribution < 1.29 is 23.2 Å². The minimum Gasteiger partial charge on any atom is -0.364 e. The van der Waals surface area contributed by atoms with Gasteiger partial charge in [-0.3, -0.25) is 4.79 Å². The first-order valence-corrected chi connectivity index (χ1v) is 6.68. The van der Waals surface area contributed by atoms with E-state index in [1.165, 1.54) is 6.07 Å². The van der Waals surface area contributed by atoms with Crippen LogP contribution in [-0.4, -0.2) is 37.7 Å². The van der Waals surface area contributed by atoms with Gasteiger partial charge < -0.3 is 15.0 Å². The molecule has 2 N–H and O–H groups in total. The highest BCUT2D eigenvalue weighted by atomic mass is 19.1. The van der Waals surface area contributed by atoms with Crippen LogP contribution < -0.4 is 10.2 Å². The number of hydrogen-bond acceptors (Lipinski definition) is 2. The Morgan fingerprint density at radius 2 is 1.85 bits per heavy atom. The summed E-state index contributed by atoms with van der Waals surface area (Å²) in [4.78, 5) is 12.9. The monoisotopic (exact) mass is 285 g/mol. The Labute approximate surface area is 116 Å². The number of halogens is 2. The molecule has 1 heterocycles. The molecule has 1 amide bonds. The molecular formula is C14H19F2N2O2+. The van der Waals surface area contributed by atoms with Crippen LogP contribution in [-0.2, 0) is 9.53 Å². The lowest BCUT2D eigenvalue weighted by atomic mass is 10.2. The SMILES string of the molecule is C[C@@H]1C[NH+](CC(=O)Nc2c(F)cccc2F)C[C@@H](C)O1. The predicted octanol–water partition coefficient (Wildman–Crippen LogP) is 0.595. The molecule has 0 aliphatic carbocycles. The van der Waals surface area contributed by atoms with Gasteiger partial charge in [0.05, 0.1) is 0 Å². The molecule has 0 aromatic heterocycles. The number of para-hydroxylation sites is 1. The third-order valence-corrected chi connectivity index (χ3v) is 3.25. The fraction of sp³-hybridized carbons (Fsp3) is 0.500. The maximum Gasteiger partial charge on any atom is 0.279 e. The fourth-order valence-electron chi connectivity index (χ4n) is 2.56. The van der Waals surface area contributed by atoms with E-state index in [1.807, 2.05) is 13.8 Å². The van der Waals surface area contributed by atoms with Crippen molar-refractivity contribution in [2.24, 2.45) is 0 Å². The molecule has 0 unspecified atom stereocenters. The van der Waals surface area contributed by atoms with Crippen molar-refractivity contribution in [3.05, 3.63) is 29.8 Å². The summed E-state index contributed by atoms with van der Waals surface area (Å²) in [5.41, 5.74) is -0.383. The van der Waals surface area contributed by atoms with Crippen molar-refractivity contribution in [2.45, 2.75) is 26.1 Å². The number of carbonyl (C=O) groups is 1. The zero-order chi connectivity index (χ0) is 14.7. The second-order valence-electron chi connectivity index (χ2n) is 5.24. The largest absolute Gasteiger partial charge is 0.364 e. The van der Waals surface area contributed by atoms with Crippen LogP contribution in [0, 0.1) is 11.6 Å². The van der Waals surface area contributed by atoms with Crippen LogP contribution in [0.5, 0.6) is 0 Å². The van der Waals surface area contributed by atoms with Gasteiger partial charge in [0.15, 0.2) is 6.54 Å². The van der Waals surface area contributed by atoms with Gasteiger partial charge in [0.1, 0.15) is 42.6 Å². The van der Waals surface area contributed by atoms with Crippen molar-refractivity contribution in [2.75, 3.05) is 25.0 Å². The lowest BCUT2D eigenvalue weighted by molar-refractivity contribution is -0.907. The van der Waals surface area contributed by atoms with Gasteiger partial charge >= 0.3 is 0 Å². The second kappa shape index (κ2) is 6.28. The van der Waals surface area contributed by atoms with E-state index in [0.717, 1.165) is 17.0 Å². The molecular weight excluding hydrogens is 266 g/mol. The molecule has 2 rings (SSSR count). The zero-order valence-electron chi connectivity index (χ0n) is 11.6. The van der Waals surface area contributed by atoms with Crippen LogP contribution in [0.25, 0.3) is 0 Å². The van der Waals surface area contributed by atoms with E-state index in [9.17, 15) is 13.6 Å². The molecule has 0 spiro atoms. The van der Waals surface area contributed by atoms with Crippen molar-refractivity contribution >= 4 is 11.6 Å². The summed E-state index contributed by atoms with van der Waals surface area (Å²) < 4.78 is 32.4. The van der Waals surface area contributed by atoms with Crippen molar-refractivity contribution in [3.8, 4) is 0 Å². The second-order valence-corrected chi connectivity index (χ2v) is 5.24. The Morgan fingerprint density at radius 1 is 1.30 bits per heavy atom. The molecule has 20 heavy (non-hydrogen) atoms. The summed E-state index contributed by atoms with van der Waals surface area (Å²) in [5, 5.41) is 2.30. The van der Waals surface area contributed by atoms with E-state index in [4.69, 9.17) is 4.74 Å². The average Bonchev–Trinajstić information content (AvgIpc) is 2.32.